The Kier molecular flexibility index (Phi) is 4.50. The van der Waals surface area contributed by atoms with E-state index in [4.69, 9.17) is 0 Å². The summed E-state index contributed by atoms with van der Waals surface area (Å²) in [6, 6.07) is 10.1. The maximum atomic E-state index is 14.0. The fourth-order valence-electron chi connectivity index (χ4n) is 2.11. The molecule has 0 atom stereocenters. The highest BCUT2D eigenvalue weighted by atomic mass is 19.1. The lowest BCUT2D eigenvalue weighted by atomic mass is 9.98. The van der Waals surface area contributed by atoms with Crippen LogP contribution in [0.15, 0.2) is 36.4 Å². The van der Waals surface area contributed by atoms with Crippen LogP contribution in [-0.2, 0) is 6.54 Å². The molecule has 2 aromatic rings. The normalized spacial score (nSPS) is 11.1. The minimum atomic E-state index is -0.327. The van der Waals surface area contributed by atoms with Crippen molar-refractivity contribution in [3.63, 3.8) is 0 Å². The molecular formula is C17H19F2N. The lowest BCUT2D eigenvalue weighted by molar-refractivity contribution is 0.586. The molecule has 2 aromatic carbocycles. The van der Waals surface area contributed by atoms with E-state index in [1.165, 1.54) is 12.1 Å². The molecule has 0 bridgehead atoms. The number of rotatable bonds is 4. The van der Waals surface area contributed by atoms with Gasteiger partial charge in [0.15, 0.2) is 0 Å². The molecule has 20 heavy (non-hydrogen) atoms. The van der Waals surface area contributed by atoms with Crippen molar-refractivity contribution in [2.75, 3.05) is 0 Å². The molecule has 0 radical (unpaired) electrons. The highest BCUT2D eigenvalue weighted by Gasteiger charge is 2.11. The molecule has 0 saturated heterocycles. The van der Waals surface area contributed by atoms with E-state index in [1.54, 1.807) is 31.2 Å². The maximum Gasteiger partial charge on any atom is 0.131 e. The summed E-state index contributed by atoms with van der Waals surface area (Å²) in [5.74, 6) is -0.639. The van der Waals surface area contributed by atoms with Crippen molar-refractivity contribution in [2.24, 2.45) is 0 Å². The first kappa shape index (κ1) is 14.7. The lowest BCUT2D eigenvalue weighted by Crippen LogP contribution is -2.21. The average Bonchev–Trinajstić information content (AvgIpc) is 2.41. The Hall–Kier alpha value is -1.74. The van der Waals surface area contributed by atoms with E-state index < -0.39 is 0 Å². The van der Waals surface area contributed by atoms with Gasteiger partial charge in [0, 0.05) is 18.2 Å². The second-order valence-corrected chi connectivity index (χ2v) is 5.26. The average molecular weight is 275 g/mol. The van der Waals surface area contributed by atoms with Crippen molar-refractivity contribution in [2.45, 2.75) is 33.4 Å². The Labute approximate surface area is 118 Å². The number of halogens is 2. The fraction of sp³-hybridized carbons (Fsp3) is 0.294. The van der Waals surface area contributed by atoms with Gasteiger partial charge in [-0.2, -0.15) is 0 Å². The van der Waals surface area contributed by atoms with Crippen molar-refractivity contribution in [3.8, 4) is 11.1 Å². The van der Waals surface area contributed by atoms with E-state index in [9.17, 15) is 8.78 Å². The highest BCUT2D eigenvalue weighted by molar-refractivity contribution is 5.68. The second kappa shape index (κ2) is 6.14. The van der Waals surface area contributed by atoms with Crippen LogP contribution in [0, 0.1) is 18.6 Å². The Morgan fingerprint density at radius 2 is 1.75 bits per heavy atom. The van der Waals surface area contributed by atoms with Gasteiger partial charge in [-0.25, -0.2) is 8.78 Å². The maximum absolute atomic E-state index is 14.0. The minimum Gasteiger partial charge on any atom is -0.310 e. The zero-order valence-corrected chi connectivity index (χ0v) is 12.0. The van der Waals surface area contributed by atoms with Crippen LogP contribution in [0.1, 0.15) is 25.0 Å². The van der Waals surface area contributed by atoms with E-state index in [0.717, 1.165) is 5.56 Å². The van der Waals surface area contributed by atoms with Gasteiger partial charge in [0.05, 0.1) is 0 Å². The van der Waals surface area contributed by atoms with Gasteiger partial charge >= 0.3 is 0 Å². The van der Waals surface area contributed by atoms with Gasteiger partial charge < -0.3 is 5.32 Å². The number of hydrogen-bond acceptors (Lipinski definition) is 1. The van der Waals surface area contributed by atoms with Gasteiger partial charge in [0.2, 0.25) is 0 Å². The zero-order chi connectivity index (χ0) is 14.7. The molecule has 0 heterocycles. The van der Waals surface area contributed by atoms with Crippen LogP contribution in [0.2, 0.25) is 0 Å². The molecule has 1 N–H and O–H groups in total. The molecule has 0 aliphatic rings. The molecule has 0 spiro atoms. The number of hydrogen-bond donors (Lipinski definition) is 1. The zero-order valence-electron chi connectivity index (χ0n) is 12.0. The topological polar surface area (TPSA) is 12.0 Å². The smallest absolute Gasteiger partial charge is 0.131 e. The third-order valence-electron chi connectivity index (χ3n) is 3.30. The Morgan fingerprint density at radius 1 is 1.00 bits per heavy atom. The minimum absolute atomic E-state index is 0.312. The first-order valence-corrected chi connectivity index (χ1v) is 6.76. The van der Waals surface area contributed by atoms with Crippen molar-refractivity contribution >= 4 is 0 Å². The SMILES string of the molecule is Cc1c(F)cccc1-c1cc(CNC(C)C)ccc1F. The van der Waals surface area contributed by atoms with Crippen LogP contribution in [0.5, 0.6) is 0 Å². The van der Waals surface area contributed by atoms with Crippen LogP contribution in [0.4, 0.5) is 8.78 Å². The predicted octanol–water partition coefficient (Wildman–Crippen LogP) is 4.44. The van der Waals surface area contributed by atoms with Crippen LogP contribution in [0.25, 0.3) is 11.1 Å². The van der Waals surface area contributed by atoms with Gasteiger partial charge in [0.25, 0.3) is 0 Å². The van der Waals surface area contributed by atoms with Gasteiger partial charge in [0.1, 0.15) is 11.6 Å². The third-order valence-corrected chi connectivity index (χ3v) is 3.30. The Morgan fingerprint density at radius 3 is 2.45 bits per heavy atom. The Balaban J connectivity index is 2.40. The van der Waals surface area contributed by atoms with Gasteiger partial charge in [-0.1, -0.05) is 32.0 Å². The molecule has 0 fully saturated rings. The van der Waals surface area contributed by atoms with Crippen molar-refractivity contribution < 1.29 is 8.78 Å². The Bertz CT molecular complexity index is 606. The monoisotopic (exact) mass is 275 g/mol. The van der Waals surface area contributed by atoms with Crippen molar-refractivity contribution in [1.82, 2.24) is 5.32 Å². The fourth-order valence-corrected chi connectivity index (χ4v) is 2.11. The molecule has 0 aliphatic heterocycles. The molecular weight excluding hydrogens is 256 g/mol. The molecule has 0 aliphatic carbocycles. The standard InChI is InChI=1S/C17H19F2N/c1-11(2)20-10-13-7-8-17(19)15(9-13)14-5-4-6-16(18)12(14)3/h4-9,11,20H,10H2,1-3H3. The summed E-state index contributed by atoms with van der Waals surface area (Å²) in [5, 5.41) is 3.29. The van der Waals surface area contributed by atoms with E-state index in [0.29, 0.717) is 29.3 Å². The summed E-state index contributed by atoms with van der Waals surface area (Å²) >= 11 is 0. The summed E-state index contributed by atoms with van der Waals surface area (Å²) in [7, 11) is 0. The molecule has 106 valence electrons. The quantitative estimate of drug-likeness (QED) is 0.870. The van der Waals surface area contributed by atoms with E-state index in [1.807, 2.05) is 0 Å². The van der Waals surface area contributed by atoms with Crippen molar-refractivity contribution in [1.29, 1.82) is 0 Å². The molecule has 0 unspecified atom stereocenters. The number of nitrogens with one attached hydrogen (secondary N) is 1. The van der Waals surface area contributed by atoms with Crippen LogP contribution < -0.4 is 5.32 Å². The summed E-state index contributed by atoms with van der Waals surface area (Å²) < 4.78 is 27.6. The van der Waals surface area contributed by atoms with Crippen LogP contribution in [-0.4, -0.2) is 6.04 Å². The van der Waals surface area contributed by atoms with E-state index in [-0.39, 0.29) is 11.6 Å². The van der Waals surface area contributed by atoms with Crippen LogP contribution in [0.3, 0.4) is 0 Å². The van der Waals surface area contributed by atoms with Crippen molar-refractivity contribution in [3.05, 3.63) is 59.2 Å². The second-order valence-electron chi connectivity index (χ2n) is 5.26. The third kappa shape index (κ3) is 3.23. The number of benzene rings is 2. The van der Waals surface area contributed by atoms with Crippen LogP contribution >= 0.6 is 0 Å². The summed E-state index contributed by atoms with van der Waals surface area (Å²) in [5.41, 5.74) is 2.51. The summed E-state index contributed by atoms with van der Waals surface area (Å²) in [6.45, 7) is 6.45. The molecule has 3 heteroatoms. The first-order chi connectivity index (χ1) is 9.49. The molecule has 0 aromatic heterocycles. The van der Waals surface area contributed by atoms with E-state index in [2.05, 4.69) is 19.2 Å². The summed E-state index contributed by atoms with van der Waals surface area (Å²) in [4.78, 5) is 0. The van der Waals surface area contributed by atoms with Gasteiger partial charge in [-0.05, 0) is 41.8 Å². The van der Waals surface area contributed by atoms with E-state index >= 15 is 0 Å². The molecule has 0 amide bonds. The summed E-state index contributed by atoms with van der Waals surface area (Å²) in [6.07, 6.45) is 0. The first-order valence-electron chi connectivity index (χ1n) is 6.76. The lowest BCUT2D eigenvalue weighted by Gasteiger charge is -2.12. The van der Waals surface area contributed by atoms with Gasteiger partial charge in [-0.3, -0.25) is 0 Å². The molecule has 0 saturated carbocycles. The predicted molar refractivity (Wildman–Crippen MR) is 78.5 cm³/mol. The molecule has 1 nitrogen and oxygen atoms in total. The molecule has 2 rings (SSSR count). The largest absolute Gasteiger partial charge is 0.310 e. The van der Waals surface area contributed by atoms with Gasteiger partial charge in [-0.15, -0.1) is 0 Å². The highest BCUT2D eigenvalue weighted by Crippen LogP contribution is 2.28.